The lowest BCUT2D eigenvalue weighted by molar-refractivity contribution is -0.142. The number of carbonyl (C=O) groups is 1. The highest BCUT2D eigenvalue weighted by Gasteiger charge is 2.37. The van der Waals surface area contributed by atoms with Gasteiger partial charge in [0.2, 0.25) is 10.0 Å². The quantitative estimate of drug-likeness (QED) is 0.870. The minimum Gasteiger partial charge on any atom is -0.466 e. The molecule has 2 aromatic carbocycles. The van der Waals surface area contributed by atoms with Crippen LogP contribution in [0.15, 0.2) is 42.5 Å². The molecule has 1 aliphatic rings. The standard InChI is InChI=1S/C17H17NO4S/c1-2-22-15(19)10-11-6-5-9-13-12-7-3-4-8-14(12)17(16(11)13)23(18,20)21/h3-9,17H,2,10H2,1H3,(H2,18,20,21). The monoisotopic (exact) mass is 331 g/mol. The van der Waals surface area contributed by atoms with Crippen LogP contribution < -0.4 is 5.14 Å². The fourth-order valence-electron chi connectivity index (χ4n) is 3.15. The van der Waals surface area contributed by atoms with E-state index in [2.05, 4.69) is 0 Å². The van der Waals surface area contributed by atoms with Crippen molar-refractivity contribution in [2.75, 3.05) is 6.61 Å². The van der Waals surface area contributed by atoms with Crippen molar-refractivity contribution in [1.82, 2.24) is 0 Å². The zero-order chi connectivity index (χ0) is 16.6. The molecule has 0 heterocycles. The molecule has 0 saturated carbocycles. The summed E-state index contributed by atoms with van der Waals surface area (Å²) in [5.41, 5.74) is 3.52. The molecule has 0 fully saturated rings. The Morgan fingerprint density at radius 1 is 1.13 bits per heavy atom. The number of fused-ring (bicyclic) bond motifs is 3. The maximum absolute atomic E-state index is 12.2. The zero-order valence-corrected chi connectivity index (χ0v) is 13.5. The third-order valence-corrected chi connectivity index (χ3v) is 5.11. The van der Waals surface area contributed by atoms with Crippen LogP contribution in [0.5, 0.6) is 0 Å². The fourth-order valence-corrected chi connectivity index (χ4v) is 4.31. The van der Waals surface area contributed by atoms with E-state index in [1.807, 2.05) is 24.3 Å². The lowest BCUT2D eigenvalue weighted by Gasteiger charge is -2.15. The molecule has 0 amide bonds. The van der Waals surface area contributed by atoms with Crippen molar-refractivity contribution in [3.63, 3.8) is 0 Å². The number of hydrogen-bond donors (Lipinski definition) is 1. The van der Waals surface area contributed by atoms with Crippen LogP contribution >= 0.6 is 0 Å². The molecule has 0 aromatic heterocycles. The van der Waals surface area contributed by atoms with Crippen LogP contribution in [0, 0.1) is 0 Å². The number of nitrogens with two attached hydrogens (primary N) is 1. The summed E-state index contributed by atoms with van der Waals surface area (Å²) in [7, 11) is -3.85. The highest BCUT2D eigenvalue weighted by atomic mass is 32.2. The number of primary sulfonamides is 1. The van der Waals surface area contributed by atoms with Crippen molar-refractivity contribution >= 4 is 16.0 Å². The van der Waals surface area contributed by atoms with Gasteiger partial charge in [0.15, 0.2) is 0 Å². The number of esters is 1. The molecule has 1 atom stereocenters. The molecule has 120 valence electrons. The van der Waals surface area contributed by atoms with Crippen molar-refractivity contribution in [3.05, 3.63) is 59.2 Å². The van der Waals surface area contributed by atoms with E-state index in [0.29, 0.717) is 16.7 Å². The number of sulfonamides is 1. The van der Waals surface area contributed by atoms with Gasteiger partial charge in [-0.15, -0.1) is 0 Å². The predicted molar refractivity (Wildman–Crippen MR) is 87.2 cm³/mol. The van der Waals surface area contributed by atoms with E-state index in [1.165, 1.54) is 0 Å². The summed E-state index contributed by atoms with van der Waals surface area (Å²) in [4.78, 5) is 11.8. The second-order valence-corrected chi connectivity index (χ2v) is 7.07. The van der Waals surface area contributed by atoms with Crippen molar-refractivity contribution in [3.8, 4) is 11.1 Å². The molecule has 1 unspecified atom stereocenters. The first-order valence-corrected chi connectivity index (χ1v) is 8.92. The number of benzene rings is 2. The number of hydrogen-bond acceptors (Lipinski definition) is 4. The summed E-state index contributed by atoms with van der Waals surface area (Å²) in [6, 6.07) is 12.7. The normalized spacial score (nSPS) is 15.8. The van der Waals surface area contributed by atoms with Crippen molar-refractivity contribution in [2.45, 2.75) is 18.6 Å². The zero-order valence-electron chi connectivity index (χ0n) is 12.7. The van der Waals surface area contributed by atoms with Crippen molar-refractivity contribution in [2.24, 2.45) is 5.14 Å². The van der Waals surface area contributed by atoms with Crippen molar-refractivity contribution in [1.29, 1.82) is 0 Å². The van der Waals surface area contributed by atoms with E-state index >= 15 is 0 Å². The molecular formula is C17H17NO4S. The Balaban J connectivity index is 2.19. The lowest BCUT2D eigenvalue weighted by atomic mass is 9.99. The summed E-state index contributed by atoms with van der Waals surface area (Å²) in [6.45, 7) is 2.02. The van der Waals surface area contributed by atoms with Crippen LogP contribution in [0.25, 0.3) is 11.1 Å². The highest BCUT2D eigenvalue weighted by molar-refractivity contribution is 7.89. The van der Waals surface area contributed by atoms with Gasteiger partial charge in [-0.25, -0.2) is 13.6 Å². The third-order valence-electron chi connectivity index (χ3n) is 3.96. The van der Waals surface area contributed by atoms with Gasteiger partial charge in [-0.05, 0) is 34.7 Å². The average molecular weight is 331 g/mol. The minimum atomic E-state index is -3.85. The topological polar surface area (TPSA) is 86.5 Å². The van der Waals surface area contributed by atoms with Gasteiger partial charge in [-0.2, -0.15) is 0 Å². The van der Waals surface area contributed by atoms with Crippen LogP contribution in [0.1, 0.15) is 28.9 Å². The largest absolute Gasteiger partial charge is 0.466 e. The van der Waals surface area contributed by atoms with E-state index in [9.17, 15) is 13.2 Å². The van der Waals surface area contributed by atoms with E-state index < -0.39 is 15.3 Å². The average Bonchev–Trinajstić information content (AvgIpc) is 2.83. The summed E-state index contributed by atoms with van der Waals surface area (Å²) >= 11 is 0. The van der Waals surface area contributed by atoms with Crippen LogP contribution in [-0.4, -0.2) is 21.0 Å². The summed E-state index contributed by atoms with van der Waals surface area (Å²) in [5, 5.41) is 4.54. The first kappa shape index (κ1) is 15.7. The lowest BCUT2D eigenvalue weighted by Crippen LogP contribution is -2.22. The number of carbonyl (C=O) groups excluding carboxylic acids is 1. The van der Waals surface area contributed by atoms with Gasteiger partial charge >= 0.3 is 5.97 Å². The Hall–Kier alpha value is -2.18. The van der Waals surface area contributed by atoms with Gasteiger partial charge < -0.3 is 4.74 Å². The van der Waals surface area contributed by atoms with Crippen LogP contribution in [0.3, 0.4) is 0 Å². The van der Waals surface area contributed by atoms with Gasteiger partial charge in [0.25, 0.3) is 0 Å². The van der Waals surface area contributed by atoms with E-state index in [0.717, 1.165) is 11.1 Å². The first-order valence-electron chi connectivity index (χ1n) is 7.31. The Bertz CT molecular complexity index is 874. The Kier molecular flexibility index (Phi) is 3.95. The molecule has 23 heavy (non-hydrogen) atoms. The number of ether oxygens (including phenoxy) is 1. The second kappa shape index (κ2) is 5.79. The van der Waals surface area contributed by atoms with Crippen LogP contribution in [0.2, 0.25) is 0 Å². The van der Waals surface area contributed by atoms with Gasteiger partial charge in [-0.1, -0.05) is 42.5 Å². The van der Waals surface area contributed by atoms with Crippen LogP contribution in [-0.2, 0) is 26.0 Å². The van der Waals surface area contributed by atoms with Crippen molar-refractivity contribution < 1.29 is 17.9 Å². The smallest absolute Gasteiger partial charge is 0.310 e. The van der Waals surface area contributed by atoms with Gasteiger partial charge in [-0.3, -0.25) is 4.79 Å². The maximum Gasteiger partial charge on any atom is 0.310 e. The summed E-state index contributed by atoms with van der Waals surface area (Å²) in [5.74, 6) is -0.384. The molecule has 1 aliphatic carbocycles. The molecule has 6 heteroatoms. The molecule has 5 nitrogen and oxygen atoms in total. The van der Waals surface area contributed by atoms with Gasteiger partial charge in [0, 0.05) is 0 Å². The Labute approximate surface area is 135 Å². The Morgan fingerprint density at radius 2 is 1.83 bits per heavy atom. The summed E-state index contributed by atoms with van der Waals surface area (Å²) < 4.78 is 29.4. The number of rotatable bonds is 4. The maximum atomic E-state index is 12.2. The fraction of sp³-hybridized carbons (Fsp3) is 0.235. The molecular weight excluding hydrogens is 314 g/mol. The first-order chi connectivity index (χ1) is 10.9. The van der Waals surface area contributed by atoms with E-state index in [-0.39, 0.29) is 19.0 Å². The summed E-state index contributed by atoms with van der Waals surface area (Å²) in [6.07, 6.45) is 0.0248. The molecule has 2 N–H and O–H groups in total. The van der Waals surface area contributed by atoms with Crippen LogP contribution in [0.4, 0.5) is 0 Å². The van der Waals surface area contributed by atoms with Gasteiger partial charge in [0.05, 0.1) is 13.0 Å². The van der Waals surface area contributed by atoms with E-state index in [1.54, 1.807) is 25.1 Å². The van der Waals surface area contributed by atoms with Gasteiger partial charge in [0.1, 0.15) is 5.25 Å². The predicted octanol–water partition coefficient (Wildman–Crippen LogP) is 2.15. The molecule has 0 spiro atoms. The Morgan fingerprint density at radius 3 is 2.52 bits per heavy atom. The molecule has 0 radical (unpaired) electrons. The molecule has 0 bridgehead atoms. The molecule has 3 rings (SSSR count). The SMILES string of the molecule is CCOC(=O)Cc1cccc2c1C(S(N)(=O)=O)c1ccccc1-2. The molecule has 0 aliphatic heterocycles. The second-order valence-electron chi connectivity index (χ2n) is 5.42. The highest BCUT2D eigenvalue weighted by Crippen LogP contribution is 2.48. The molecule has 2 aromatic rings. The van der Waals surface area contributed by atoms with E-state index in [4.69, 9.17) is 9.88 Å². The molecule has 0 saturated heterocycles. The minimum absolute atomic E-state index is 0.0248. The third kappa shape index (κ3) is 2.75.